The van der Waals surface area contributed by atoms with Gasteiger partial charge in [0.05, 0.1) is 10.7 Å². The van der Waals surface area contributed by atoms with Crippen LogP contribution in [0, 0.1) is 5.82 Å². The quantitative estimate of drug-likeness (QED) is 0.117. The highest BCUT2D eigenvalue weighted by Crippen LogP contribution is 2.40. The van der Waals surface area contributed by atoms with Crippen molar-refractivity contribution in [3.8, 4) is 11.1 Å². The fraction of sp³-hybridized carbons (Fsp3) is 0.387. The maximum atomic E-state index is 16.3. The summed E-state index contributed by atoms with van der Waals surface area (Å²) in [7, 11) is 4.08. The molecule has 0 radical (unpaired) electrons. The van der Waals surface area contributed by atoms with E-state index in [1.54, 1.807) is 6.07 Å². The van der Waals surface area contributed by atoms with E-state index in [1.165, 1.54) is 6.20 Å². The Kier molecular flexibility index (Phi) is 11.6. The fourth-order valence-corrected chi connectivity index (χ4v) is 4.79. The average Bonchev–Trinajstić information content (AvgIpc) is 2.91. The molecule has 3 aromatic carbocycles. The molecule has 7 heteroatoms. The van der Waals surface area contributed by atoms with Gasteiger partial charge in [-0.2, -0.15) is 0 Å². The van der Waals surface area contributed by atoms with Gasteiger partial charge < -0.3 is 21.3 Å². The number of anilines is 1. The zero-order valence-electron chi connectivity index (χ0n) is 22.9. The third-order valence-corrected chi connectivity index (χ3v) is 6.93. The van der Waals surface area contributed by atoms with E-state index >= 15 is 4.39 Å². The molecule has 38 heavy (non-hydrogen) atoms. The molecule has 0 aliphatic heterocycles. The highest BCUT2D eigenvalue weighted by molar-refractivity contribution is 6.34. The van der Waals surface area contributed by atoms with Crippen LogP contribution >= 0.6 is 11.6 Å². The van der Waals surface area contributed by atoms with Gasteiger partial charge in [-0.15, -0.1) is 0 Å². The first-order valence-electron chi connectivity index (χ1n) is 13.4. The van der Waals surface area contributed by atoms with Gasteiger partial charge in [-0.05, 0) is 74.9 Å². The molecule has 204 valence electrons. The summed E-state index contributed by atoms with van der Waals surface area (Å²) >= 11 is 6.83. The molecule has 3 aromatic rings. The predicted molar refractivity (Wildman–Crippen MR) is 163 cm³/mol. The van der Waals surface area contributed by atoms with E-state index in [2.05, 4.69) is 29.0 Å². The molecule has 1 atom stereocenters. The number of benzene rings is 3. The summed E-state index contributed by atoms with van der Waals surface area (Å²) in [4.78, 5) is 6.97. The van der Waals surface area contributed by atoms with Gasteiger partial charge in [0.15, 0.2) is 5.82 Å². The van der Waals surface area contributed by atoms with Gasteiger partial charge in [0.2, 0.25) is 0 Å². The van der Waals surface area contributed by atoms with Crippen molar-refractivity contribution in [2.24, 2.45) is 10.7 Å². The van der Waals surface area contributed by atoms with Crippen molar-refractivity contribution >= 4 is 33.9 Å². The number of nitrogens with one attached hydrogen (secondary N) is 2. The predicted octanol–water partition coefficient (Wildman–Crippen LogP) is 7.05. The third-order valence-electron chi connectivity index (χ3n) is 6.63. The zero-order valence-corrected chi connectivity index (χ0v) is 23.6. The topological polar surface area (TPSA) is 65.7 Å². The normalized spacial score (nSPS) is 12.7. The molecular formula is C31H41ClFN5. The molecule has 3 rings (SSSR count). The molecule has 0 aliphatic carbocycles. The lowest BCUT2D eigenvalue weighted by Gasteiger charge is -2.19. The van der Waals surface area contributed by atoms with E-state index < -0.39 is 5.82 Å². The molecule has 0 saturated heterocycles. The number of amidine groups is 1. The van der Waals surface area contributed by atoms with E-state index in [1.807, 2.05) is 56.6 Å². The van der Waals surface area contributed by atoms with Gasteiger partial charge in [0.1, 0.15) is 5.84 Å². The van der Waals surface area contributed by atoms with Crippen LogP contribution in [0.3, 0.4) is 0 Å². The van der Waals surface area contributed by atoms with Crippen LogP contribution in [-0.4, -0.2) is 50.5 Å². The van der Waals surface area contributed by atoms with Crippen LogP contribution in [0.15, 0.2) is 66.3 Å². The summed E-state index contributed by atoms with van der Waals surface area (Å²) in [5.41, 5.74) is 8.07. The van der Waals surface area contributed by atoms with Crippen LogP contribution in [0.4, 0.5) is 10.1 Å². The van der Waals surface area contributed by atoms with Gasteiger partial charge in [-0.1, -0.05) is 74.0 Å². The number of unbranched alkanes of at least 4 members (excludes halogenated alkanes) is 1. The van der Waals surface area contributed by atoms with Crippen LogP contribution in [0.2, 0.25) is 5.02 Å². The molecule has 0 amide bonds. The van der Waals surface area contributed by atoms with Crippen molar-refractivity contribution < 1.29 is 4.39 Å². The van der Waals surface area contributed by atoms with E-state index in [0.29, 0.717) is 40.8 Å². The summed E-state index contributed by atoms with van der Waals surface area (Å²) < 4.78 is 16.3. The van der Waals surface area contributed by atoms with Gasteiger partial charge >= 0.3 is 0 Å². The Morgan fingerprint density at radius 3 is 2.66 bits per heavy atom. The van der Waals surface area contributed by atoms with Gasteiger partial charge in [0.25, 0.3) is 0 Å². The van der Waals surface area contributed by atoms with Crippen LogP contribution < -0.4 is 16.4 Å². The first-order chi connectivity index (χ1) is 18.4. The third kappa shape index (κ3) is 7.79. The molecule has 0 aromatic heterocycles. The number of fused-ring (bicyclic) bond motifs is 1. The first-order valence-corrected chi connectivity index (χ1v) is 13.8. The number of rotatable bonds is 14. The molecule has 4 N–H and O–H groups in total. The highest BCUT2D eigenvalue weighted by Gasteiger charge is 2.22. The maximum Gasteiger partial charge on any atom is 0.156 e. The SMILES string of the molecule is C=CNc1c(C(=NCCCN(C)C)NCCCCC(N)CC)cc(Cl)c(-c2cccc3ccccc23)c1F. The van der Waals surface area contributed by atoms with Crippen LogP contribution in [0.5, 0.6) is 0 Å². The summed E-state index contributed by atoms with van der Waals surface area (Å²) in [6, 6.07) is 15.8. The molecule has 5 nitrogen and oxygen atoms in total. The Labute approximate surface area is 232 Å². The summed E-state index contributed by atoms with van der Waals surface area (Å²) in [5.74, 6) is 0.193. The summed E-state index contributed by atoms with van der Waals surface area (Å²) in [6.45, 7) is 8.13. The molecule has 0 bridgehead atoms. The molecule has 0 aliphatic rings. The number of aliphatic imine (C=N–C) groups is 1. The van der Waals surface area contributed by atoms with Gasteiger partial charge in [-0.25, -0.2) is 4.39 Å². The maximum absolute atomic E-state index is 16.3. The van der Waals surface area contributed by atoms with Gasteiger partial charge in [0, 0.05) is 30.3 Å². The highest BCUT2D eigenvalue weighted by atomic mass is 35.5. The molecule has 1 unspecified atom stereocenters. The van der Waals surface area contributed by atoms with E-state index in [-0.39, 0.29) is 6.04 Å². The molecule has 0 fully saturated rings. The summed E-state index contributed by atoms with van der Waals surface area (Å²) in [5, 5.41) is 8.78. The molecule has 0 heterocycles. The standard InChI is InChI=1S/C31H41ClFN5/c1-5-23(34)15-9-10-18-36-31(37-19-12-20-38(3)4)26-21-27(32)28(29(33)30(26)35-6-2)25-17-11-14-22-13-7-8-16-24(22)25/h6-8,11,13-14,16-17,21,23,35H,2,5,9-10,12,15,18-20,34H2,1,3-4H3,(H,36,37). The van der Waals surface area contributed by atoms with Crippen LogP contribution in [0.1, 0.15) is 44.6 Å². The van der Waals surface area contributed by atoms with Crippen molar-refractivity contribution in [3.05, 3.63) is 77.7 Å². The average molecular weight is 538 g/mol. The van der Waals surface area contributed by atoms with Crippen molar-refractivity contribution in [2.75, 3.05) is 39.0 Å². The second-order valence-corrected chi connectivity index (χ2v) is 10.2. The van der Waals surface area contributed by atoms with E-state index in [0.717, 1.165) is 55.0 Å². The summed E-state index contributed by atoms with van der Waals surface area (Å²) in [6.07, 6.45) is 6.29. The monoisotopic (exact) mass is 537 g/mol. The van der Waals surface area contributed by atoms with E-state index in [4.69, 9.17) is 22.3 Å². The number of nitrogens with zero attached hydrogens (tertiary/aromatic N) is 2. The second-order valence-electron chi connectivity index (χ2n) is 9.82. The van der Waals surface area contributed by atoms with E-state index in [9.17, 15) is 0 Å². The Morgan fingerprint density at radius 1 is 1.16 bits per heavy atom. The fourth-order valence-electron chi connectivity index (χ4n) is 4.50. The Morgan fingerprint density at radius 2 is 1.92 bits per heavy atom. The number of hydrogen-bond acceptors (Lipinski definition) is 4. The second kappa shape index (κ2) is 14.9. The van der Waals surface area contributed by atoms with Crippen molar-refractivity contribution in [1.29, 1.82) is 0 Å². The number of hydrogen-bond donors (Lipinski definition) is 3. The Bertz CT molecular complexity index is 1240. The zero-order chi connectivity index (χ0) is 27.5. The molecule has 0 spiro atoms. The lowest BCUT2D eigenvalue weighted by atomic mass is 9.95. The first kappa shape index (κ1) is 29.6. The lowest BCUT2D eigenvalue weighted by molar-refractivity contribution is 0.403. The Hall–Kier alpha value is -2.93. The number of nitrogens with two attached hydrogens (primary N) is 1. The smallest absolute Gasteiger partial charge is 0.156 e. The Balaban J connectivity index is 2.00. The van der Waals surface area contributed by atoms with Gasteiger partial charge in [-0.3, -0.25) is 4.99 Å². The molecule has 0 saturated carbocycles. The van der Waals surface area contributed by atoms with Crippen molar-refractivity contribution in [3.63, 3.8) is 0 Å². The van der Waals surface area contributed by atoms with Crippen molar-refractivity contribution in [1.82, 2.24) is 10.2 Å². The minimum Gasteiger partial charge on any atom is -0.370 e. The minimum absolute atomic E-state index is 0.229. The minimum atomic E-state index is -0.430. The largest absolute Gasteiger partial charge is 0.370 e. The lowest BCUT2D eigenvalue weighted by Crippen LogP contribution is -2.28. The van der Waals surface area contributed by atoms with Crippen molar-refractivity contribution in [2.45, 2.75) is 45.1 Å². The molecular weight excluding hydrogens is 497 g/mol. The van der Waals surface area contributed by atoms with Crippen LogP contribution in [-0.2, 0) is 0 Å². The number of halogens is 2. The van der Waals surface area contributed by atoms with Crippen LogP contribution in [0.25, 0.3) is 21.9 Å².